The lowest BCUT2D eigenvalue weighted by Crippen LogP contribution is -2.14. The summed E-state index contributed by atoms with van der Waals surface area (Å²) in [6.07, 6.45) is 1.72. The minimum Gasteiger partial charge on any atom is -0.399 e. The van der Waals surface area contributed by atoms with E-state index in [-0.39, 0.29) is 12.3 Å². The minimum atomic E-state index is -0.609. The van der Waals surface area contributed by atoms with Crippen molar-refractivity contribution in [1.82, 2.24) is 4.98 Å². The van der Waals surface area contributed by atoms with Gasteiger partial charge < -0.3 is 10.2 Å². The quantitative estimate of drug-likeness (QED) is 0.469. The summed E-state index contributed by atoms with van der Waals surface area (Å²) in [6.45, 7) is 0. The predicted molar refractivity (Wildman–Crippen MR) is 92.1 cm³/mol. The van der Waals surface area contributed by atoms with E-state index in [1.54, 1.807) is 18.2 Å². The summed E-state index contributed by atoms with van der Waals surface area (Å²) in [4.78, 5) is 20.3. The summed E-state index contributed by atoms with van der Waals surface area (Å²) in [7, 11) is 1.42. The SMILES string of the molecule is CON=C(CCC(=O)Nc1ccc(F)nc1)c1ccc(Cl)c(Cl)c1. The highest BCUT2D eigenvalue weighted by Gasteiger charge is 2.11. The summed E-state index contributed by atoms with van der Waals surface area (Å²) >= 11 is 11.9. The molecule has 0 saturated heterocycles. The maximum absolute atomic E-state index is 12.7. The summed E-state index contributed by atoms with van der Waals surface area (Å²) in [5, 5.41) is 7.37. The molecule has 2 rings (SSSR count). The van der Waals surface area contributed by atoms with E-state index in [0.717, 1.165) is 0 Å². The third-order valence-electron chi connectivity index (χ3n) is 3.05. The molecule has 0 aliphatic heterocycles. The molecule has 0 atom stereocenters. The lowest BCUT2D eigenvalue weighted by atomic mass is 10.1. The van der Waals surface area contributed by atoms with Crippen LogP contribution in [0.2, 0.25) is 10.0 Å². The molecule has 24 heavy (non-hydrogen) atoms. The van der Waals surface area contributed by atoms with Crippen LogP contribution in [0.15, 0.2) is 41.7 Å². The van der Waals surface area contributed by atoms with Crippen LogP contribution in [-0.2, 0) is 9.63 Å². The Balaban J connectivity index is 2.00. The molecule has 5 nitrogen and oxygen atoms in total. The van der Waals surface area contributed by atoms with E-state index in [4.69, 9.17) is 28.0 Å². The highest BCUT2D eigenvalue weighted by Crippen LogP contribution is 2.23. The Morgan fingerprint density at radius 1 is 1.25 bits per heavy atom. The first-order valence-corrected chi connectivity index (χ1v) is 7.72. The topological polar surface area (TPSA) is 63.6 Å². The Bertz CT molecular complexity index is 751. The number of rotatable bonds is 6. The van der Waals surface area contributed by atoms with E-state index < -0.39 is 5.95 Å². The number of hydrogen-bond acceptors (Lipinski definition) is 4. The van der Waals surface area contributed by atoms with Crippen LogP contribution in [-0.4, -0.2) is 23.7 Å². The van der Waals surface area contributed by atoms with Gasteiger partial charge in [0.05, 0.1) is 27.6 Å². The van der Waals surface area contributed by atoms with Gasteiger partial charge in [0.2, 0.25) is 11.9 Å². The molecule has 1 aromatic carbocycles. The van der Waals surface area contributed by atoms with Gasteiger partial charge in [-0.1, -0.05) is 34.4 Å². The van der Waals surface area contributed by atoms with Crippen molar-refractivity contribution < 1.29 is 14.0 Å². The largest absolute Gasteiger partial charge is 0.399 e. The van der Waals surface area contributed by atoms with Crippen molar-refractivity contribution in [3.05, 3.63) is 58.1 Å². The van der Waals surface area contributed by atoms with Gasteiger partial charge in [-0.25, -0.2) is 4.98 Å². The maximum Gasteiger partial charge on any atom is 0.224 e. The van der Waals surface area contributed by atoms with Crippen LogP contribution in [0.4, 0.5) is 10.1 Å². The number of nitrogens with one attached hydrogen (secondary N) is 1. The van der Waals surface area contributed by atoms with Crippen LogP contribution in [0.3, 0.4) is 0 Å². The number of aromatic nitrogens is 1. The predicted octanol–water partition coefficient (Wildman–Crippen LogP) is 4.30. The van der Waals surface area contributed by atoms with Gasteiger partial charge in [-0.3, -0.25) is 4.79 Å². The van der Waals surface area contributed by atoms with Gasteiger partial charge in [0, 0.05) is 18.4 Å². The molecule has 0 fully saturated rings. The first kappa shape index (κ1) is 18.2. The third kappa shape index (κ3) is 5.18. The highest BCUT2D eigenvalue weighted by atomic mass is 35.5. The van der Waals surface area contributed by atoms with Gasteiger partial charge in [-0.05, 0) is 24.3 Å². The fourth-order valence-corrected chi connectivity index (χ4v) is 2.23. The number of anilines is 1. The smallest absolute Gasteiger partial charge is 0.224 e. The van der Waals surface area contributed by atoms with Crippen molar-refractivity contribution in [2.45, 2.75) is 12.8 Å². The number of hydrogen-bond donors (Lipinski definition) is 1. The van der Waals surface area contributed by atoms with Crippen LogP contribution in [0, 0.1) is 5.95 Å². The first-order chi connectivity index (χ1) is 11.5. The summed E-state index contributed by atoms with van der Waals surface area (Å²) in [6, 6.07) is 7.65. The maximum atomic E-state index is 12.7. The van der Waals surface area contributed by atoms with Gasteiger partial charge in [0.15, 0.2) is 0 Å². The third-order valence-corrected chi connectivity index (χ3v) is 3.79. The number of halogens is 3. The average Bonchev–Trinajstić information content (AvgIpc) is 2.56. The molecule has 0 aliphatic carbocycles. The second kappa shape index (κ2) is 8.61. The Morgan fingerprint density at radius 3 is 2.67 bits per heavy atom. The highest BCUT2D eigenvalue weighted by molar-refractivity contribution is 6.42. The molecule has 0 saturated carbocycles. The van der Waals surface area contributed by atoms with Crippen LogP contribution in [0.1, 0.15) is 18.4 Å². The van der Waals surface area contributed by atoms with Gasteiger partial charge >= 0.3 is 0 Å². The molecule has 1 aromatic heterocycles. The van der Waals surface area contributed by atoms with E-state index >= 15 is 0 Å². The second-order valence-electron chi connectivity index (χ2n) is 4.77. The average molecular weight is 370 g/mol. The lowest BCUT2D eigenvalue weighted by molar-refractivity contribution is -0.116. The summed E-state index contributed by atoms with van der Waals surface area (Å²) < 4.78 is 12.7. The van der Waals surface area contributed by atoms with E-state index in [1.165, 1.54) is 25.4 Å². The molecule has 0 bridgehead atoms. The van der Waals surface area contributed by atoms with E-state index in [2.05, 4.69) is 15.5 Å². The van der Waals surface area contributed by atoms with Gasteiger partial charge in [-0.15, -0.1) is 0 Å². The fourth-order valence-electron chi connectivity index (χ4n) is 1.93. The zero-order chi connectivity index (χ0) is 17.5. The number of nitrogens with zero attached hydrogens (tertiary/aromatic N) is 2. The number of benzene rings is 1. The summed E-state index contributed by atoms with van der Waals surface area (Å²) in [5.41, 5.74) is 1.69. The number of carbonyl (C=O) groups excluding carboxylic acids is 1. The molecule has 8 heteroatoms. The van der Waals surface area contributed by atoms with Crippen LogP contribution >= 0.6 is 23.2 Å². The second-order valence-corrected chi connectivity index (χ2v) is 5.58. The monoisotopic (exact) mass is 369 g/mol. The minimum absolute atomic E-state index is 0.153. The number of oxime groups is 1. The lowest BCUT2D eigenvalue weighted by Gasteiger charge is -2.08. The normalized spacial score (nSPS) is 11.2. The Morgan fingerprint density at radius 2 is 2.04 bits per heavy atom. The van der Waals surface area contributed by atoms with Crippen molar-refractivity contribution in [1.29, 1.82) is 0 Å². The molecule has 1 heterocycles. The van der Waals surface area contributed by atoms with Crippen LogP contribution in [0.25, 0.3) is 0 Å². The molecule has 1 N–H and O–H groups in total. The molecule has 126 valence electrons. The fraction of sp³-hybridized carbons (Fsp3) is 0.188. The molecule has 2 aromatic rings. The Labute approximate surface area is 148 Å². The Kier molecular flexibility index (Phi) is 6.52. The van der Waals surface area contributed by atoms with Gasteiger partial charge in [0.25, 0.3) is 0 Å². The van der Waals surface area contributed by atoms with Crippen molar-refractivity contribution in [2.24, 2.45) is 5.16 Å². The van der Waals surface area contributed by atoms with Gasteiger partial charge in [0.1, 0.15) is 7.11 Å². The number of pyridine rings is 1. The van der Waals surface area contributed by atoms with Crippen molar-refractivity contribution in [3.63, 3.8) is 0 Å². The molecule has 0 radical (unpaired) electrons. The van der Waals surface area contributed by atoms with Crippen molar-refractivity contribution in [2.75, 3.05) is 12.4 Å². The number of amides is 1. The van der Waals surface area contributed by atoms with Crippen molar-refractivity contribution in [3.8, 4) is 0 Å². The summed E-state index contributed by atoms with van der Waals surface area (Å²) in [5.74, 6) is -0.866. The van der Waals surface area contributed by atoms with Crippen molar-refractivity contribution >= 4 is 40.5 Å². The number of carbonyl (C=O) groups is 1. The molecule has 0 aliphatic rings. The van der Waals surface area contributed by atoms with Crippen LogP contribution in [0.5, 0.6) is 0 Å². The molecule has 1 amide bonds. The molecule has 0 spiro atoms. The van der Waals surface area contributed by atoms with E-state index in [9.17, 15) is 9.18 Å². The standard InChI is InChI=1S/C16H14Cl2FN3O2/c1-24-22-14(10-2-4-12(17)13(18)8-10)5-7-16(23)21-11-3-6-15(19)20-9-11/h2-4,6,8-9H,5,7H2,1H3,(H,21,23). The van der Waals surface area contributed by atoms with E-state index in [0.29, 0.717) is 33.4 Å². The van der Waals surface area contributed by atoms with Gasteiger partial charge in [-0.2, -0.15) is 4.39 Å². The zero-order valence-electron chi connectivity index (χ0n) is 12.7. The Hall–Kier alpha value is -2.18. The molecule has 0 unspecified atom stereocenters. The zero-order valence-corrected chi connectivity index (χ0v) is 14.2. The van der Waals surface area contributed by atoms with Crippen LogP contribution < -0.4 is 5.32 Å². The molecular formula is C16H14Cl2FN3O2. The van der Waals surface area contributed by atoms with E-state index in [1.807, 2.05) is 0 Å². The molecular weight excluding hydrogens is 356 g/mol. The first-order valence-electron chi connectivity index (χ1n) is 6.96.